The molecule has 0 aliphatic carbocycles. The molecule has 0 aromatic heterocycles. The van der Waals surface area contributed by atoms with Crippen molar-refractivity contribution in [1.82, 2.24) is 0 Å². The number of ether oxygens (including phenoxy) is 1. The molecule has 1 rings (SSSR count). The third kappa shape index (κ3) is 3.41. The molecule has 0 saturated heterocycles. The highest BCUT2D eigenvalue weighted by Gasteiger charge is 2.16. The SMILES string of the molecule is CCOC(=O)c1cc(OB(O)O)ccc1Cl. The Morgan fingerprint density at radius 1 is 1.50 bits per heavy atom. The predicted molar refractivity (Wildman–Crippen MR) is 58.2 cm³/mol. The van der Waals surface area contributed by atoms with Crippen LogP contribution < -0.4 is 4.65 Å². The normalized spacial score (nSPS) is 9.75. The molecule has 2 N–H and O–H groups in total. The molecule has 0 atom stereocenters. The van der Waals surface area contributed by atoms with Crippen molar-refractivity contribution in [2.24, 2.45) is 0 Å². The van der Waals surface area contributed by atoms with Gasteiger partial charge < -0.3 is 19.4 Å². The van der Waals surface area contributed by atoms with Crippen LogP contribution in [0.5, 0.6) is 5.75 Å². The summed E-state index contributed by atoms with van der Waals surface area (Å²) in [5, 5.41) is 17.4. The lowest BCUT2D eigenvalue weighted by molar-refractivity contribution is 0.0526. The minimum absolute atomic E-state index is 0.113. The molecule has 7 heteroatoms. The van der Waals surface area contributed by atoms with E-state index in [-0.39, 0.29) is 22.9 Å². The minimum atomic E-state index is -1.95. The molecule has 0 amide bonds. The fraction of sp³-hybridized carbons (Fsp3) is 0.222. The van der Waals surface area contributed by atoms with Crippen LogP contribution in [0.1, 0.15) is 17.3 Å². The van der Waals surface area contributed by atoms with Crippen molar-refractivity contribution in [1.29, 1.82) is 0 Å². The Labute approximate surface area is 97.7 Å². The standard InChI is InChI=1S/C9H10BClO5/c1-2-15-9(12)7-5-6(16-10(13)14)3-4-8(7)11/h3-5,13-14H,2H2,1H3. The molecule has 5 nitrogen and oxygen atoms in total. The largest absolute Gasteiger partial charge is 0.707 e. The summed E-state index contributed by atoms with van der Waals surface area (Å²) in [5.74, 6) is -0.479. The Morgan fingerprint density at radius 2 is 2.19 bits per heavy atom. The first-order chi connectivity index (χ1) is 7.54. The first-order valence-corrected chi connectivity index (χ1v) is 4.92. The van der Waals surface area contributed by atoms with Gasteiger partial charge in [0.05, 0.1) is 17.2 Å². The molecular weight excluding hydrogens is 234 g/mol. The molecule has 0 aliphatic rings. The van der Waals surface area contributed by atoms with Crippen LogP contribution in [0.25, 0.3) is 0 Å². The van der Waals surface area contributed by atoms with Crippen molar-refractivity contribution in [3.63, 3.8) is 0 Å². The van der Waals surface area contributed by atoms with E-state index in [2.05, 4.69) is 4.65 Å². The lowest BCUT2D eigenvalue weighted by Gasteiger charge is -2.08. The monoisotopic (exact) mass is 244 g/mol. The van der Waals surface area contributed by atoms with Gasteiger partial charge in [0.2, 0.25) is 0 Å². The van der Waals surface area contributed by atoms with Crippen molar-refractivity contribution >= 4 is 24.9 Å². The van der Waals surface area contributed by atoms with Gasteiger partial charge in [-0.15, -0.1) is 0 Å². The quantitative estimate of drug-likeness (QED) is 0.607. The van der Waals surface area contributed by atoms with Gasteiger partial charge in [-0.25, -0.2) is 4.79 Å². The molecule has 0 spiro atoms. The molecule has 1 aromatic rings. The Bertz CT molecular complexity index is 382. The van der Waals surface area contributed by atoms with Gasteiger partial charge in [-0.3, -0.25) is 0 Å². The lowest BCUT2D eigenvalue weighted by Crippen LogP contribution is -2.20. The summed E-state index contributed by atoms with van der Waals surface area (Å²) in [6.07, 6.45) is 0. The summed E-state index contributed by atoms with van der Waals surface area (Å²) in [4.78, 5) is 11.4. The number of carbonyl (C=O) groups is 1. The molecule has 0 fully saturated rings. The Hall–Kier alpha value is -1.24. The van der Waals surface area contributed by atoms with Crippen LogP contribution in [-0.4, -0.2) is 29.9 Å². The maximum absolute atomic E-state index is 11.4. The van der Waals surface area contributed by atoms with Crippen molar-refractivity contribution in [3.8, 4) is 5.75 Å². The first-order valence-electron chi connectivity index (χ1n) is 4.54. The van der Waals surface area contributed by atoms with Gasteiger partial charge in [-0.1, -0.05) is 11.6 Å². The predicted octanol–water partition coefficient (Wildman–Crippen LogP) is 0.865. The highest BCUT2D eigenvalue weighted by Crippen LogP contribution is 2.23. The van der Waals surface area contributed by atoms with E-state index in [0.29, 0.717) is 0 Å². The summed E-state index contributed by atoms with van der Waals surface area (Å²) in [6, 6.07) is 4.09. The van der Waals surface area contributed by atoms with Gasteiger partial charge >= 0.3 is 13.3 Å². The molecule has 0 aliphatic heterocycles. The summed E-state index contributed by atoms with van der Waals surface area (Å²) in [6.45, 7) is 1.90. The lowest BCUT2D eigenvalue weighted by atomic mass is 10.2. The van der Waals surface area contributed by atoms with Crippen LogP contribution >= 0.6 is 11.6 Å². The Balaban J connectivity index is 2.94. The highest BCUT2D eigenvalue weighted by atomic mass is 35.5. The van der Waals surface area contributed by atoms with E-state index in [4.69, 9.17) is 26.4 Å². The maximum Gasteiger partial charge on any atom is 0.707 e. The topological polar surface area (TPSA) is 76.0 Å². The van der Waals surface area contributed by atoms with Crippen molar-refractivity contribution in [2.75, 3.05) is 6.61 Å². The van der Waals surface area contributed by atoms with E-state index in [1.807, 2.05) is 0 Å². The molecule has 16 heavy (non-hydrogen) atoms. The van der Waals surface area contributed by atoms with Gasteiger partial charge in [0.25, 0.3) is 0 Å². The van der Waals surface area contributed by atoms with E-state index < -0.39 is 13.3 Å². The zero-order valence-electron chi connectivity index (χ0n) is 8.51. The number of benzene rings is 1. The fourth-order valence-corrected chi connectivity index (χ4v) is 1.26. The molecule has 86 valence electrons. The molecule has 0 bridgehead atoms. The van der Waals surface area contributed by atoms with Gasteiger partial charge in [0.15, 0.2) is 0 Å². The molecule has 0 unspecified atom stereocenters. The van der Waals surface area contributed by atoms with Crippen LogP contribution in [0.2, 0.25) is 5.02 Å². The average Bonchev–Trinajstić information content (AvgIpc) is 2.20. The van der Waals surface area contributed by atoms with Crippen molar-refractivity contribution in [2.45, 2.75) is 6.92 Å². The van der Waals surface area contributed by atoms with E-state index in [0.717, 1.165) is 0 Å². The van der Waals surface area contributed by atoms with Gasteiger partial charge in [0.1, 0.15) is 5.75 Å². The number of hydrogen-bond acceptors (Lipinski definition) is 5. The molecule has 0 heterocycles. The molecule has 0 saturated carbocycles. The zero-order valence-corrected chi connectivity index (χ0v) is 9.27. The Morgan fingerprint density at radius 3 is 2.75 bits per heavy atom. The van der Waals surface area contributed by atoms with Gasteiger partial charge in [0, 0.05) is 0 Å². The van der Waals surface area contributed by atoms with E-state index in [1.165, 1.54) is 18.2 Å². The second-order valence-electron chi connectivity index (χ2n) is 2.81. The zero-order chi connectivity index (χ0) is 12.1. The fourth-order valence-electron chi connectivity index (χ4n) is 1.06. The van der Waals surface area contributed by atoms with E-state index >= 15 is 0 Å². The second-order valence-corrected chi connectivity index (χ2v) is 3.21. The van der Waals surface area contributed by atoms with Crippen molar-refractivity contribution in [3.05, 3.63) is 28.8 Å². The van der Waals surface area contributed by atoms with E-state index in [9.17, 15) is 4.79 Å². The number of rotatable bonds is 4. The van der Waals surface area contributed by atoms with Crippen LogP contribution in [0, 0.1) is 0 Å². The first kappa shape index (κ1) is 12.8. The van der Waals surface area contributed by atoms with Crippen LogP contribution in [-0.2, 0) is 4.74 Å². The third-order valence-corrected chi connectivity index (χ3v) is 2.00. The number of carbonyl (C=O) groups excluding carboxylic acids is 1. The minimum Gasteiger partial charge on any atom is -0.512 e. The van der Waals surface area contributed by atoms with Crippen LogP contribution in [0.4, 0.5) is 0 Å². The number of hydrogen-bond donors (Lipinski definition) is 2. The summed E-state index contributed by atoms with van der Waals surface area (Å²) in [7, 11) is -1.95. The third-order valence-electron chi connectivity index (χ3n) is 1.67. The smallest absolute Gasteiger partial charge is 0.512 e. The second kappa shape index (κ2) is 5.74. The summed E-state index contributed by atoms with van der Waals surface area (Å²) in [5.41, 5.74) is 0.113. The van der Waals surface area contributed by atoms with Crippen LogP contribution in [0.15, 0.2) is 18.2 Å². The summed E-state index contributed by atoms with van der Waals surface area (Å²) >= 11 is 5.78. The Kier molecular flexibility index (Phi) is 4.60. The van der Waals surface area contributed by atoms with Crippen LogP contribution in [0.3, 0.4) is 0 Å². The molecule has 0 radical (unpaired) electrons. The average molecular weight is 244 g/mol. The van der Waals surface area contributed by atoms with Gasteiger partial charge in [-0.2, -0.15) is 0 Å². The highest BCUT2D eigenvalue weighted by molar-refractivity contribution is 6.34. The van der Waals surface area contributed by atoms with E-state index in [1.54, 1.807) is 6.92 Å². The summed E-state index contributed by atoms with van der Waals surface area (Å²) < 4.78 is 9.35. The molecular formula is C9H10BClO5. The van der Waals surface area contributed by atoms with Gasteiger partial charge in [-0.05, 0) is 25.1 Å². The maximum atomic E-state index is 11.4. The van der Waals surface area contributed by atoms with Crippen molar-refractivity contribution < 1.29 is 24.2 Å². The number of esters is 1. The molecule has 1 aromatic carbocycles. The number of halogens is 1.